The summed E-state index contributed by atoms with van der Waals surface area (Å²) in [6.45, 7) is 4.71. The largest absolute Gasteiger partial charge is 0.481 e. The number of carboxylic acid groups (broad SMARTS) is 1. The van der Waals surface area contributed by atoms with Gasteiger partial charge < -0.3 is 20.1 Å². The van der Waals surface area contributed by atoms with Crippen LogP contribution in [0.5, 0.6) is 0 Å². The zero-order chi connectivity index (χ0) is 24.2. The number of hydrogen-bond acceptors (Lipinski definition) is 4. The van der Waals surface area contributed by atoms with Crippen LogP contribution in [-0.4, -0.2) is 54.2 Å². The molecule has 34 heavy (non-hydrogen) atoms. The lowest BCUT2D eigenvalue weighted by atomic mass is 9.87. The van der Waals surface area contributed by atoms with Crippen molar-refractivity contribution in [3.05, 3.63) is 71.3 Å². The highest BCUT2D eigenvalue weighted by Gasteiger charge is 2.33. The van der Waals surface area contributed by atoms with Crippen molar-refractivity contribution >= 4 is 18.0 Å². The molecular weight excluding hydrogens is 432 g/mol. The molecule has 0 bridgehead atoms. The van der Waals surface area contributed by atoms with Crippen molar-refractivity contribution < 1.29 is 24.2 Å². The van der Waals surface area contributed by atoms with Gasteiger partial charge in [0, 0.05) is 31.1 Å². The lowest BCUT2D eigenvalue weighted by Crippen LogP contribution is -2.46. The van der Waals surface area contributed by atoms with Gasteiger partial charge in [-0.2, -0.15) is 0 Å². The summed E-state index contributed by atoms with van der Waals surface area (Å²) in [5.74, 6) is -1.60. The maximum atomic E-state index is 12.7. The van der Waals surface area contributed by atoms with E-state index in [1.54, 1.807) is 17.9 Å². The predicted molar refractivity (Wildman–Crippen MR) is 128 cm³/mol. The molecule has 2 aromatic rings. The van der Waals surface area contributed by atoms with E-state index < -0.39 is 18.0 Å². The second-order valence-corrected chi connectivity index (χ2v) is 9.06. The molecule has 7 heteroatoms. The molecule has 0 aromatic heterocycles. The van der Waals surface area contributed by atoms with Crippen LogP contribution in [0.3, 0.4) is 0 Å². The Morgan fingerprint density at radius 1 is 1.09 bits per heavy atom. The van der Waals surface area contributed by atoms with E-state index in [1.807, 2.05) is 31.2 Å². The average molecular weight is 463 g/mol. The van der Waals surface area contributed by atoms with E-state index >= 15 is 0 Å². The fraction of sp³-hybridized carbons (Fsp3) is 0.370. The summed E-state index contributed by atoms with van der Waals surface area (Å²) in [5, 5.41) is 12.0. The Bertz CT molecular complexity index is 1080. The molecule has 4 rings (SSSR count). The van der Waals surface area contributed by atoms with Crippen LogP contribution in [0.25, 0.3) is 11.1 Å². The van der Waals surface area contributed by atoms with Crippen LogP contribution in [0.15, 0.2) is 60.2 Å². The summed E-state index contributed by atoms with van der Waals surface area (Å²) < 4.78 is 5.51. The van der Waals surface area contributed by atoms with Crippen molar-refractivity contribution in [2.75, 3.05) is 26.2 Å². The predicted octanol–water partition coefficient (Wildman–Crippen LogP) is 4.04. The van der Waals surface area contributed by atoms with Gasteiger partial charge in [-0.15, -0.1) is 0 Å². The van der Waals surface area contributed by atoms with Gasteiger partial charge in [-0.25, -0.2) is 4.79 Å². The van der Waals surface area contributed by atoms with Crippen LogP contribution in [0.1, 0.15) is 37.3 Å². The van der Waals surface area contributed by atoms with E-state index in [1.165, 1.54) is 11.1 Å². The third-order valence-electron chi connectivity index (χ3n) is 6.90. The topological polar surface area (TPSA) is 95.9 Å². The van der Waals surface area contributed by atoms with Crippen LogP contribution < -0.4 is 5.32 Å². The third-order valence-corrected chi connectivity index (χ3v) is 6.90. The van der Waals surface area contributed by atoms with E-state index in [0.29, 0.717) is 18.5 Å². The van der Waals surface area contributed by atoms with E-state index in [9.17, 15) is 19.5 Å². The number of nitrogens with zero attached hydrogens (tertiary/aromatic N) is 1. The van der Waals surface area contributed by atoms with E-state index in [4.69, 9.17) is 4.74 Å². The fourth-order valence-corrected chi connectivity index (χ4v) is 4.85. The molecule has 2 aliphatic rings. The molecule has 1 fully saturated rings. The maximum Gasteiger partial charge on any atom is 0.407 e. The number of likely N-dealkylation sites (tertiary alicyclic amines) is 1. The molecule has 178 valence electrons. The first kappa shape index (κ1) is 23.5. The zero-order valence-electron chi connectivity index (χ0n) is 19.5. The lowest BCUT2D eigenvalue weighted by Gasteiger charge is -2.35. The molecular formula is C27H30N2O5. The maximum absolute atomic E-state index is 12.7. The van der Waals surface area contributed by atoms with Crippen molar-refractivity contribution in [1.82, 2.24) is 10.2 Å². The lowest BCUT2D eigenvalue weighted by molar-refractivity contribution is -0.147. The molecule has 1 aliphatic carbocycles. The summed E-state index contributed by atoms with van der Waals surface area (Å²) in [4.78, 5) is 38.0. The SMILES string of the molecule is C/C(=C\CNC(=O)OCC1c2ccccc2-c2ccccc21)C(=O)N1CCC(C)C(C(=O)O)C1. The van der Waals surface area contributed by atoms with Gasteiger partial charge in [-0.3, -0.25) is 9.59 Å². The number of rotatable bonds is 6. The smallest absolute Gasteiger partial charge is 0.407 e. The minimum atomic E-state index is -0.872. The number of nitrogens with one attached hydrogen (secondary N) is 1. The molecule has 2 aromatic carbocycles. The van der Waals surface area contributed by atoms with Gasteiger partial charge in [0.25, 0.3) is 0 Å². The number of carbonyl (C=O) groups excluding carboxylic acids is 2. The van der Waals surface area contributed by atoms with Crippen LogP contribution in [-0.2, 0) is 14.3 Å². The second-order valence-electron chi connectivity index (χ2n) is 9.06. The van der Waals surface area contributed by atoms with Crippen LogP contribution in [0, 0.1) is 11.8 Å². The molecule has 1 saturated heterocycles. The van der Waals surface area contributed by atoms with Crippen LogP contribution in [0.2, 0.25) is 0 Å². The average Bonchev–Trinajstić information content (AvgIpc) is 3.16. The van der Waals surface area contributed by atoms with Gasteiger partial charge in [0.15, 0.2) is 0 Å². The normalized spacial score (nSPS) is 19.8. The Morgan fingerprint density at radius 2 is 1.71 bits per heavy atom. The first-order valence-electron chi connectivity index (χ1n) is 11.6. The molecule has 2 unspecified atom stereocenters. The first-order chi connectivity index (χ1) is 16.4. The number of benzene rings is 2. The van der Waals surface area contributed by atoms with Crippen LogP contribution >= 0.6 is 0 Å². The molecule has 1 heterocycles. The Balaban J connectivity index is 1.29. The zero-order valence-corrected chi connectivity index (χ0v) is 19.5. The van der Waals surface area contributed by atoms with Gasteiger partial charge in [-0.05, 0) is 41.5 Å². The van der Waals surface area contributed by atoms with E-state index in [0.717, 1.165) is 11.1 Å². The van der Waals surface area contributed by atoms with E-state index in [-0.39, 0.29) is 37.4 Å². The number of fused-ring (bicyclic) bond motifs is 3. The molecule has 0 radical (unpaired) electrons. The first-order valence-corrected chi connectivity index (χ1v) is 11.6. The second kappa shape index (κ2) is 10.1. The number of piperidine rings is 1. The van der Waals surface area contributed by atoms with Crippen molar-refractivity contribution in [3.63, 3.8) is 0 Å². The minimum absolute atomic E-state index is 0.0133. The van der Waals surface area contributed by atoms with Crippen LogP contribution in [0.4, 0.5) is 4.79 Å². The molecule has 2 amide bonds. The van der Waals surface area contributed by atoms with Gasteiger partial charge >= 0.3 is 12.1 Å². The molecule has 2 N–H and O–H groups in total. The number of hydrogen-bond donors (Lipinski definition) is 2. The number of aliphatic carboxylic acids is 1. The van der Waals surface area contributed by atoms with Gasteiger partial charge in [0.2, 0.25) is 5.91 Å². The highest BCUT2D eigenvalue weighted by Crippen LogP contribution is 2.44. The van der Waals surface area contributed by atoms with Gasteiger partial charge in [0.05, 0.1) is 5.92 Å². The highest BCUT2D eigenvalue weighted by molar-refractivity contribution is 5.93. The van der Waals surface area contributed by atoms with Crippen molar-refractivity contribution in [3.8, 4) is 11.1 Å². The van der Waals surface area contributed by atoms with Gasteiger partial charge in [-0.1, -0.05) is 61.5 Å². The van der Waals surface area contributed by atoms with Gasteiger partial charge in [0.1, 0.15) is 6.61 Å². The number of carbonyl (C=O) groups is 3. The number of carboxylic acids is 1. The molecule has 0 saturated carbocycles. The summed E-state index contributed by atoms with van der Waals surface area (Å²) in [6, 6.07) is 16.3. The Labute approximate surface area is 199 Å². The standard InChI is InChI=1S/C27H30N2O5/c1-17-12-14-29(15-23(17)26(31)32)25(30)18(2)11-13-28-27(33)34-16-24-21-9-5-3-7-19(21)20-8-4-6-10-22(20)24/h3-11,17,23-24H,12-16H2,1-2H3,(H,28,33)(H,31,32)/b18-11+. The monoisotopic (exact) mass is 462 g/mol. The number of alkyl carbamates (subject to hydrolysis) is 1. The third kappa shape index (κ3) is 4.83. The Kier molecular flexibility index (Phi) is 7.01. The molecule has 7 nitrogen and oxygen atoms in total. The summed E-state index contributed by atoms with van der Waals surface area (Å²) >= 11 is 0. The Morgan fingerprint density at radius 3 is 2.32 bits per heavy atom. The summed E-state index contributed by atoms with van der Waals surface area (Å²) in [6.07, 6.45) is 1.75. The summed E-state index contributed by atoms with van der Waals surface area (Å²) in [7, 11) is 0. The van der Waals surface area contributed by atoms with Crippen molar-refractivity contribution in [2.45, 2.75) is 26.2 Å². The van der Waals surface area contributed by atoms with E-state index in [2.05, 4.69) is 29.6 Å². The summed E-state index contributed by atoms with van der Waals surface area (Å²) in [5.41, 5.74) is 5.10. The quantitative estimate of drug-likeness (QED) is 0.632. The highest BCUT2D eigenvalue weighted by atomic mass is 16.5. The minimum Gasteiger partial charge on any atom is -0.481 e. The van der Waals surface area contributed by atoms with Crippen molar-refractivity contribution in [2.24, 2.45) is 11.8 Å². The van der Waals surface area contributed by atoms with Crippen molar-refractivity contribution in [1.29, 1.82) is 0 Å². The molecule has 2 atom stereocenters. The number of ether oxygens (including phenoxy) is 1. The molecule has 1 aliphatic heterocycles. The fourth-order valence-electron chi connectivity index (χ4n) is 4.85. The number of amides is 2. The Hall–Kier alpha value is -3.61. The molecule has 0 spiro atoms.